The topological polar surface area (TPSA) is 50.2 Å². The van der Waals surface area contributed by atoms with Gasteiger partial charge in [-0.1, -0.05) is 26.0 Å². The maximum absolute atomic E-state index is 13.5. The number of hydrogen-bond donors (Lipinski definition) is 1. The zero-order valence-corrected chi connectivity index (χ0v) is 11.7. The van der Waals surface area contributed by atoms with Crippen LogP contribution in [-0.4, -0.2) is 16.1 Å². The van der Waals surface area contributed by atoms with E-state index in [9.17, 15) is 9.18 Å². The van der Waals surface area contributed by atoms with Crippen molar-refractivity contribution in [3.8, 4) is 10.6 Å². The molecule has 0 aliphatic carbocycles. The molecule has 0 amide bonds. The fourth-order valence-corrected chi connectivity index (χ4v) is 2.78. The van der Waals surface area contributed by atoms with Crippen molar-refractivity contribution >= 4 is 17.3 Å². The van der Waals surface area contributed by atoms with E-state index >= 15 is 0 Å². The Balaban J connectivity index is 2.54. The quantitative estimate of drug-likeness (QED) is 0.921. The number of carboxylic acids is 1. The highest BCUT2D eigenvalue weighted by molar-refractivity contribution is 7.17. The standard InChI is InChI=1S/C14H14FNO2S/c1-7(2)11-12(14(17)18)19-13(16-11)9-5-4-8(3)10(15)6-9/h4-7H,1-3H3,(H,17,18). The number of aromatic carboxylic acids is 1. The molecule has 2 aromatic rings. The first kappa shape index (κ1) is 13.7. The number of benzene rings is 1. The van der Waals surface area contributed by atoms with Gasteiger partial charge in [0.2, 0.25) is 0 Å². The highest BCUT2D eigenvalue weighted by atomic mass is 32.1. The van der Waals surface area contributed by atoms with Gasteiger partial charge >= 0.3 is 5.97 Å². The fraction of sp³-hybridized carbons (Fsp3) is 0.286. The number of aryl methyl sites for hydroxylation is 1. The molecule has 100 valence electrons. The minimum Gasteiger partial charge on any atom is -0.477 e. The van der Waals surface area contributed by atoms with Crippen LogP contribution < -0.4 is 0 Å². The van der Waals surface area contributed by atoms with E-state index in [4.69, 9.17) is 5.11 Å². The van der Waals surface area contributed by atoms with Crippen molar-refractivity contribution in [2.45, 2.75) is 26.7 Å². The van der Waals surface area contributed by atoms with Crippen LogP contribution in [0.4, 0.5) is 4.39 Å². The third-order valence-electron chi connectivity index (χ3n) is 2.81. The van der Waals surface area contributed by atoms with Crippen LogP contribution in [0.1, 0.15) is 40.7 Å². The van der Waals surface area contributed by atoms with Gasteiger partial charge in [-0.25, -0.2) is 14.2 Å². The molecule has 3 nitrogen and oxygen atoms in total. The van der Waals surface area contributed by atoms with Gasteiger partial charge < -0.3 is 5.11 Å². The Bertz CT molecular complexity index is 634. The van der Waals surface area contributed by atoms with Crippen LogP contribution in [0.2, 0.25) is 0 Å². The second-order valence-corrected chi connectivity index (χ2v) is 5.66. The van der Waals surface area contributed by atoms with Crippen LogP contribution in [0.5, 0.6) is 0 Å². The van der Waals surface area contributed by atoms with Crippen LogP contribution in [0, 0.1) is 12.7 Å². The number of aromatic nitrogens is 1. The zero-order chi connectivity index (χ0) is 14.2. The summed E-state index contributed by atoms with van der Waals surface area (Å²) in [7, 11) is 0. The minimum absolute atomic E-state index is 0.0198. The molecule has 5 heteroatoms. The van der Waals surface area contributed by atoms with Crippen LogP contribution in [0.25, 0.3) is 10.6 Å². The second-order valence-electron chi connectivity index (χ2n) is 4.66. The number of halogens is 1. The molecule has 0 atom stereocenters. The molecule has 0 saturated heterocycles. The first-order valence-corrected chi connectivity index (χ1v) is 6.72. The van der Waals surface area contributed by atoms with Crippen LogP contribution >= 0.6 is 11.3 Å². The number of rotatable bonds is 3. The smallest absolute Gasteiger partial charge is 0.347 e. The SMILES string of the molecule is Cc1ccc(-c2nc(C(C)C)c(C(=O)O)s2)cc1F. The Kier molecular flexibility index (Phi) is 3.66. The van der Waals surface area contributed by atoms with E-state index < -0.39 is 5.97 Å². The first-order chi connectivity index (χ1) is 8.90. The van der Waals surface area contributed by atoms with Crippen molar-refractivity contribution < 1.29 is 14.3 Å². The third-order valence-corrected chi connectivity index (χ3v) is 3.92. The lowest BCUT2D eigenvalue weighted by Gasteiger charge is -2.01. The molecule has 1 aromatic carbocycles. The van der Waals surface area contributed by atoms with E-state index in [1.165, 1.54) is 6.07 Å². The van der Waals surface area contributed by atoms with E-state index in [1.54, 1.807) is 19.1 Å². The van der Waals surface area contributed by atoms with Crippen molar-refractivity contribution in [2.24, 2.45) is 0 Å². The molecule has 1 N–H and O–H groups in total. The Morgan fingerprint density at radius 1 is 1.42 bits per heavy atom. The second kappa shape index (κ2) is 5.09. The maximum atomic E-state index is 13.5. The molecule has 0 aliphatic rings. The molecule has 0 radical (unpaired) electrons. The molecule has 1 aromatic heterocycles. The molecule has 0 bridgehead atoms. The average Bonchev–Trinajstić information content (AvgIpc) is 2.78. The van der Waals surface area contributed by atoms with Gasteiger partial charge in [0.25, 0.3) is 0 Å². The largest absolute Gasteiger partial charge is 0.477 e. The molecule has 2 rings (SSSR count). The van der Waals surface area contributed by atoms with Gasteiger partial charge in [0.15, 0.2) is 0 Å². The highest BCUT2D eigenvalue weighted by Gasteiger charge is 2.20. The van der Waals surface area contributed by atoms with Crippen molar-refractivity contribution in [3.63, 3.8) is 0 Å². The number of nitrogens with zero attached hydrogens (tertiary/aromatic N) is 1. The van der Waals surface area contributed by atoms with Crippen molar-refractivity contribution in [1.82, 2.24) is 4.98 Å². The molecule has 0 aliphatic heterocycles. The summed E-state index contributed by atoms with van der Waals surface area (Å²) in [4.78, 5) is 15.8. The van der Waals surface area contributed by atoms with Gasteiger partial charge in [-0.15, -0.1) is 11.3 Å². The summed E-state index contributed by atoms with van der Waals surface area (Å²) in [6.07, 6.45) is 0. The predicted molar refractivity (Wildman–Crippen MR) is 73.3 cm³/mol. The highest BCUT2D eigenvalue weighted by Crippen LogP contribution is 2.32. The van der Waals surface area contributed by atoms with Gasteiger partial charge in [0.1, 0.15) is 15.7 Å². The summed E-state index contributed by atoms with van der Waals surface area (Å²) in [5, 5.41) is 9.71. The molecule has 0 fully saturated rings. The Morgan fingerprint density at radius 3 is 2.58 bits per heavy atom. The summed E-state index contributed by atoms with van der Waals surface area (Å²) < 4.78 is 13.5. The van der Waals surface area contributed by atoms with Gasteiger partial charge in [-0.3, -0.25) is 0 Å². The van der Waals surface area contributed by atoms with Gasteiger partial charge in [0, 0.05) is 5.56 Å². The lowest BCUT2D eigenvalue weighted by molar-refractivity contribution is 0.0700. The molecule has 0 unspecified atom stereocenters. The monoisotopic (exact) mass is 279 g/mol. The molecular formula is C14H14FNO2S. The maximum Gasteiger partial charge on any atom is 0.347 e. The molecule has 19 heavy (non-hydrogen) atoms. The molecule has 0 saturated carbocycles. The van der Waals surface area contributed by atoms with E-state index in [0.717, 1.165) is 11.3 Å². The molecule has 1 heterocycles. The summed E-state index contributed by atoms with van der Waals surface area (Å²) in [6, 6.07) is 4.82. The normalized spacial score (nSPS) is 11.0. The number of carboxylic acid groups (broad SMARTS) is 1. The lowest BCUT2D eigenvalue weighted by atomic mass is 10.1. The van der Waals surface area contributed by atoms with E-state index in [0.29, 0.717) is 21.8 Å². The van der Waals surface area contributed by atoms with Crippen LogP contribution in [0.3, 0.4) is 0 Å². The summed E-state index contributed by atoms with van der Waals surface area (Å²) >= 11 is 1.09. The fourth-order valence-electron chi connectivity index (χ4n) is 1.73. The number of hydrogen-bond acceptors (Lipinski definition) is 3. The first-order valence-electron chi connectivity index (χ1n) is 5.90. The number of carbonyl (C=O) groups is 1. The van der Waals surface area contributed by atoms with E-state index in [1.807, 2.05) is 13.8 Å². The van der Waals surface area contributed by atoms with E-state index in [2.05, 4.69) is 4.98 Å². The zero-order valence-electron chi connectivity index (χ0n) is 10.9. The molecule has 0 spiro atoms. The van der Waals surface area contributed by atoms with E-state index in [-0.39, 0.29) is 16.6 Å². The van der Waals surface area contributed by atoms with Crippen LogP contribution in [-0.2, 0) is 0 Å². The predicted octanol–water partition coefficient (Wildman–Crippen LogP) is 4.08. The summed E-state index contributed by atoms with van der Waals surface area (Å²) in [6.45, 7) is 5.46. The summed E-state index contributed by atoms with van der Waals surface area (Å²) in [5.74, 6) is -1.28. The lowest BCUT2D eigenvalue weighted by Crippen LogP contribution is -2.00. The average molecular weight is 279 g/mol. The number of thiazole rings is 1. The third kappa shape index (κ3) is 2.66. The van der Waals surface area contributed by atoms with Gasteiger partial charge in [0.05, 0.1) is 5.69 Å². The van der Waals surface area contributed by atoms with Crippen molar-refractivity contribution in [1.29, 1.82) is 0 Å². The Morgan fingerprint density at radius 2 is 2.11 bits per heavy atom. The Labute approximate surface area is 114 Å². The van der Waals surface area contributed by atoms with Crippen LogP contribution in [0.15, 0.2) is 18.2 Å². The van der Waals surface area contributed by atoms with Gasteiger partial charge in [-0.05, 0) is 24.5 Å². The molecular weight excluding hydrogens is 265 g/mol. The summed E-state index contributed by atoms with van der Waals surface area (Å²) in [5.41, 5.74) is 1.72. The van der Waals surface area contributed by atoms with Gasteiger partial charge in [-0.2, -0.15) is 0 Å². The van der Waals surface area contributed by atoms with Crippen molar-refractivity contribution in [3.05, 3.63) is 40.2 Å². The minimum atomic E-state index is -0.986. The van der Waals surface area contributed by atoms with Crippen molar-refractivity contribution in [2.75, 3.05) is 0 Å². The Hall–Kier alpha value is -1.75.